The van der Waals surface area contributed by atoms with Gasteiger partial charge in [-0.05, 0) is 44.7 Å². The molecule has 116 valence electrons. The summed E-state index contributed by atoms with van der Waals surface area (Å²) in [5.74, 6) is 0.733. The second-order valence-corrected chi connectivity index (χ2v) is 6.97. The number of carbonyl (C=O) groups is 1. The number of nitrogens with zero attached hydrogens (tertiary/aromatic N) is 2. The van der Waals surface area contributed by atoms with Crippen LogP contribution in [-0.2, 0) is 4.79 Å². The van der Waals surface area contributed by atoms with Crippen molar-refractivity contribution in [1.29, 1.82) is 0 Å². The summed E-state index contributed by atoms with van der Waals surface area (Å²) >= 11 is 0. The van der Waals surface area contributed by atoms with Crippen LogP contribution in [-0.4, -0.2) is 54.0 Å². The Morgan fingerprint density at radius 2 is 2.15 bits per heavy atom. The number of hydrogen-bond acceptors (Lipinski definition) is 3. The van der Waals surface area contributed by atoms with Gasteiger partial charge in [-0.1, -0.05) is 26.7 Å². The monoisotopic (exact) mass is 281 g/mol. The highest BCUT2D eigenvalue weighted by molar-refractivity contribution is 5.86. The van der Waals surface area contributed by atoms with Crippen molar-refractivity contribution >= 4 is 5.91 Å². The van der Waals surface area contributed by atoms with Gasteiger partial charge in [0, 0.05) is 19.6 Å². The first-order chi connectivity index (χ1) is 9.46. The van der Waals surface area contributed by atoms with Crippen molar-refractivity contribution in [3.8, 4) is 0 Å². The summed E-state index contributed by atoms with van der Waals surface area (Å²) < 4.78 is 0. The van der Waals surface area contributed by atoms with Crippen LogP contribution in [0.1, 0.15) is 52.4 Å². The molecule has 4 nitrogen and oxygen atoms in total. The Balaban J connectivity index is 1.94. The largest absolute Gasteiger partial charge is 0.343 e. The highest BCUT2D eigenvalue weighted by Crippen LogP contribution is 2.32. The number of likely N-dealkylation sites (N-methyl/N-ethyl adjacent to an activating group) is 2. The average Bonchev–Trinajstić information content (AvgIpc) is 2.84. The van der Waals surface area contributed by atoms with Gasteiger partial charge in [-0.3, -0.25) is 9.69 Å². The number of nitrogens with two attached hydrogens (primary N) is 1. The number of carbonyl (C=O) groups excluding carboxylic acids is 1. The molecule has 0 radical (unpaired) electrons. The fraction of sp³-hybridized carbons (Fsp3) is 0.938. The SMILES string of the molecule is CCN1CCCC1CN(C)C(=O)C1(N)CCCC(C)C1. The van der Waals surface area contributed by atoms with Crippen LogP contribution < -0.4 is 5.73 Å². The summed E-state index contributed by atoms with van der Waals surface area (Å²) in [6, 6.07) is 0.526. The molecule has 3 unspecified atom stereocenters. The lowest BCUT2D eigenvalue weighted by Gasteiger charge is -2.39. The summed E-state index contributed by atoms with van der Waals surface area (Å²) in [4.78, 5) is 17.1. The maximum absolute atomic E-state index is 12.7. The molecule has 0 aromatic carbocycles. The van der Waals surface area contributed by atoms with Gasteiger partial charge in [0.25, 0.3) is 0 Å². The minimum absolute atomic E-state index is 0.159. The van der Waals surface area contributed by atoms with E-state index >= 15 is 0 Å². The van der Waals surface area contributed by atoms with E-state index in [0.29, 0.717) is 12.0 Å². The Morgan fingerprint density at radius 3 is 2.80 bits per heavy atom. The molecule has 20 heavy (non-hydrogen) atoms. The van der Waals surface area contributed by atoms with Crippen LogP contribution in [0, 0.1) is 5.92 Å². The van der Waals surface area contributed by atoms with Crippen LogP contribution in [0.25, 0.3) is 0 Å². The smallest absolute Gasteiger partial charge is 0.242 e. The van der Waals surface area contributed by atoms with Crippen LogP contribution in [0.2, 0.25) is 0 Å². The molecule has 1 heterocycles. The van der Waals surface area contributed by atoms with Crippen LogP contribution in [0.3, 0.4) is 0 Å². The van der Waals surface area contributed by atoms with Crippen LogP contribution >= 0.6 is 0 Å². The number of rotatable bonds is 4. The van der Waals surface area contributed by atoms with Gasteiger partial charge >= 0.3 is 0 Å². The predicted molar refractivity (Wildman–Crippen MR) is 82.5 cm³/mol. The first-order valence-electron chi connectivity index (χ1n) is 8.25. The zero-order chi connectivity index (χ0) is 14.8. The molecular formula is C16H31N3O. The lowest BCUT2D eigenvalue weighted by molar-refractivity contribution is -0.138. The van der Waals surface area contributed by atoms with E-state index in [9.17, 15) is 4.79 Å². The van der Waals surface area contributed by atoms with Crippen LogP contribution in [0.5, 0.6) is 0 Å². The van der Waals surface area contributed by atoms with E-state index in [1.807, 2.05) is 11.9 Å². The highest BCUT2D eigenvalue weighted by atomic mass is 16.2. The lowest BCUT2D eigenvalue weighted by atomic mass is 9.76. The zero-order valence-corrected chi connectivity index (χ0v) is 13.4. The van der Waals surface area contributed by atoms with E-state index in [1.54, 1.807) is 0 Å². The summed E-state index contributed by atoms with van der Waals surface area (Å²) in [7, 11) is 1.93. The minimum atomic E-state index is -0.609. The second kappa shape index (κ2) is 6.44. The second-order valence-electron chi connectivity index (χ2n) is 6.97. The van der Waals surface area contributed by atoms with Crippen LogP contribution in [0.4, 0.5) is 0 Å². The maximum Gasteiger partial charge on any atom is 0.242 e. The molecule has 2 rings (SSSR count). The molecule has 0 aromatic rings. The molecule has 1 aliphatic carbocycles. The average molecular weight is 281 g/mol. The van der Waals surface area contributed by atoms with Gasteiger partial charge in [0.2, 0.25) is 5.91 Å². The molecule has 1 saturated heterocycles. The number of amides is 1. The summed E-state index contributed by atoms with van der Waals surface area (Å²) in [5.41, 5.74) is 5.82. The first-order valence-corrected chi connectivity index (χ1v) is 8.25. The normalized spacial score (nSPS) is 35.2. The van der Waals surface area contributed by atoms with Gasteiger partial charge < -0.3 is 10.6 Å². The lowest BCUT2D eigenvalue weighted by Crippen LogP contribution is -2.58. The van der Waals surface area contributed by atoms with E-state index in [-0.39, 0.29) is 5.91 Å². The standard InChI is InChI=1S/C16H31N3O/c1-4-19-10-6-8-14(19)12-18(3)15(20)16(17)9-5-7-13(2)11-16/h13-14H,4-12,17H2,1-3H3. The molecule has 0 spiro atoms. The Labute approximate surface area is 123 Å². The van der Waals surface area contributed by atoms with E-state index in [1.165, 1.54) is 25.8 Å². The molecular weight excluding hydrogens is 250 g/mol. The van der Waals surface area contributed by atoms with Crippen molar-refractivity contribution < 1.29 is 4.79 Å². The summed E-state index contributed by atoms with van der Waals surface area (Å²) in [6.07, 6.45) is 6.45. The molecule has 0 bridgehead atoms. The maximum atomic E-state index is 12.7. The quantitative estimate of drug-likeness (QED) is 0.855. The van der Waals surface area contributed by atoms with E-state index < -0.39 is 5.54 Å². The first kappa shape index (κ1) is 15.8. The predicted octanol–water partition coefficient (Wildman–Crippen LogP) is 1.84. The molecule has 1 aliphatic heterocycles. The van der Waals surface area contributed by atoms with Crippen molar-refractivity contribution in [2.45, 2.75) is 64.0 Å². The van der Waals surface area contributed by atoms with Gasteiger partial charge in [0.05, 0.1) is 5.54 Å². The van der Waals surface area contributed by atoms with Gasteiger partial charge in [0.15, 0.2) is 0 Å². The van der Waals surface area contributed by atoms with Crippen molar-refractivity contribution in [2.75, 3.05) is 26.7 Å². The molecule has 4 heteroatoms. The fourth-order valence-electron chi connectivity index (χ4n) is 4.08. The Bertz CT molecular complexity index is 347. The molecule has 2 N–H and O–H groups in total. The summed E-state index contributed by atoms with van der Waals surface area (Å²) in [5, 5.41) is 0. The molecule has 3 atom stereocenters. The molecule has 1 saturated carbocycles. The van der Waals surface area contributed by atoms with Gasteiger partial charge in [-0.25, -0.2) is 0 Å². The topological polar surface area (TPSA) is 49.6 Å². The van der Waals surface area contributed by atoms with E-state index in [0.717, 1.165) is 32.4 Å². The van der Waals surface area contributed by atoms with E-state index in [2.05, 4.69) is 18.7 Å². The van der Waals surface area contributed by atoms with Crippen molar-refractivity contribution in [3.63, 3.8) is 0 Å². The van der Waals surface area contributed by atoms with Crippen molar-refractivity contribution in [1.82, 2.24) is 9.80 Å². The molecule has 2 fully saturated rings. The zero-order valence-electron chi connectivity index (χ0n) is 13.4. The Kier molecular flexibility index (Phi) is 5.08. The van der Waals surface area contributed by atoms with E-state index in [4.69, 9.17) is 5.73 Å². The van der Waals surface area contributed by atoms with Gasteiger partial charge in [-0.2, -0.15) is 0 Å². The molecule has 1 amide bonds. The Morgan fingerprint density at radius 1 is 1.40 bits per heavy atom. The third kappa shape index (κ3) is 3.34. The minimum Gasteiger partial charge on any atom is -0.343 e. The molecule has 0 aromatic heterocycles. The number of hydrogen-bond donors (Lipinski definition) is 1. The van der Waals surface area contributed by atoms with Crippen LogP contribution in [0.15, 0.2) is 0 Å². The summed E-state index contributed by atoms with van der Waals surface area (Å²) in [6.45, 7) is 7.50. The highest BCUT2D eigenvalue weighted by Gasteiger charge is 2.40. The third-order valence-corrected chi connectivity index (χ3v) is 5.20. The molecule has 2 aliphatic rings. The van der Waals surface area contributed by atoms with Gasteiger partial charge in [-0.15, -0.1) is 0 Å². The fourth-order valence-corrected chi connectivity index (χ4v) is 4.08. The van der Waals surface area contributed by atoms with Gasteiger partial charge in [0.1, 0.15) is 0 Å². The third-order valence-electron chi connectivity index (χ3n) is 5.20. The van der Waals surface area contributed by atoms with Crippen molar-refractivity contribution in [2.24, 2.45) is 11.7 Å². The number of likely N-dealkylation sites (tertiary alicyclic amines) is 1. The Hall–Kier alpha value is -0.610. The van der Waals surface area contributed by atoms with Crippen molar-refractivity contribution in [3.05, 3.63) is 0 Å².